The highest BCUT2D eigenvalue weighted by Crippen LogP contribution is 2.37. The van der Waals surface area contributed by atoms with Crippen molar-refractivity contribution in [1.29, 1.82) is 0 Å². The number of carboxylic acid groups (broad SMARTS) is 1. The monoisotopic (exact) mass is 283 g/mol. The fraction of sp³-hybridized carbons (Fsp3) is 0.235. The third-order valence-corrected chi connectivity index (χ3v) is 3.75. The second-order valence-electron chi connectivity index (χ2n) is 5.34. The third kappa shape index (κ3) is 2.90. The van der Waals surface area contributed by atoms with Gasteiger partial charge in [-0.25, -0.2) is 0 Å². The average molecular weight is 283 g/mol. The summed E-state index contributed by atoms with van der Waals surface area (Å²) in [5, 5.41) is 21.3. The second-order valence-corrected chi connectivity index (χ2v) is 5.34. The molecule has 0 heterocycles. The zero-order valence-electron chi connectivity index (χ0n) is 11.5. The number of fused-ring (bicyclic) bond motifs is 3. The minimum absolute atomic E-state index is 0.234. The van der Waals surface area contributed by atoms with Gasteiger partial charge in [-0.05, 0) is 40.8 Å². The Hall–Kier alpha value is -2.33. The maximum atomic E-state index is 10.5. The number of benzene rings is 2. The lowest BCUT2D eigenvalue weighted by Crippen LogP contribution is -2.22. The summed E-state index contributed by atoms with van der Waals surface area (Å²) < 4.78 is 0. The molecular formula is C17H17NO3. The van der Waals surface area contributed by atoms with Crippen molar-refractivity contribution in [2.45, 2.75) is 18.9 Å². The average Bonchev–Trinajstić information content (AvgIpc) is 2.82. The second kappa shape index (κ2) is 5.58. The molecule has 2 aromatic rings. The van der Waals surface area contributed by atoms with Gasteiger partial charge in [0.1, 0.15) is 0 Å². The number of aliphatic carboxylic acids is 1. The summed E-state index contributed by atoms with van der Waals surface area (Å²) in [7, 11) is 0. The van der Waals surface area contributed by atoms with E-state index >= 15 is 0 Å². The lowest BCUT2D eigenvalue weighted by atomic mass is 10.1. The molecule has 0 aromatic heterocycles. The van der Waals surface area contributed by atoms with Gasteiger partial charge >= 0.3 is 5.97 Å². The standard InChI is InChI=1S/C17H17NO3/c19-14(9-17(20)21)10-18-13-5-6-16-12(8-13)7-11-3-1-2-4-15(11)16/h1-6,8,14,18-19H,7,9-10H2,(H,20,21). The van der Waals surface area contributed by atoms with Crippen molar-refractivity contribution in [2.75, 3.05) is 11.9 Å². The number of carboxylic acids is 1. The highest BCUT2D eigenvalue weighted by Gasteiger charge is 2.18. The van der Waals surface area contributed by atoms with E-state index in [2.05, 4.69) is 29.6 Å². The molecule has 108 valence electrons. The molecule has 1 unspecified atom stereocenters. The zero-order chi connectivity index (χ0) is 14.8. The van der Waals surface area contributed by atoms with E-state index in [-0.39, 0.29) is 13.0 Å². The SMILES string of the molecule is O=C(O)CC(O)CNc1ccc2c(c1)Cc1ccccc1-2. The smallest absolute Gasteiger partial charge is 0.306 e. The molecule has 0 saturated heterocycles. The third-order valence-electron chi connectivity index (χ3n) is 3.75. The van der Waals surface area contributed by atoms with Crippen molar-refractivity contribution in [1.82, 2.24) is 0 Å². The molecular weight excluding hydrogens is 266 g/mol. The fourth-order valence-electron chi connectivity index (χ4n) is 2.76. The van der Waals surface area contributed by atoms with E-state index < -0.39 is 12.1 Å². The predicted molar refractivity (Wildman–Crippen MR) is 81.4 cm³/mol. The molecule has 1 aliphatic rings. The minimum Gasteiger partial charge on any atom is -0.481 e. The van der Waals surface area contributed by atoms with Gasteiger partial charge < -0.3 is 15.5 Å². The van der Waals surface area contributed by atoms with E-state index in [1.807, 2.05) is 18.2 Å². The molecule has 21 heavy (non-hydrogen) atoms. The van der Waals surface area contributed by atoms with Gasteiger partial charge in [0.25, 0.3) is 0 Å². The molecule has 4 heteroatoms. The normalized spacial score (nSPS) is 13.4. The first-order chi connectivity index (χ1) is 10.1. The van der Waals surface area contributed by atoms with Gasteiger partial charge in [0.2, 0.25) is 0 Å². The first-order valence-corrected chi connectivity index (χ1v) is 6.98. The molecule has 0 spiro atoms. The van der Waals surface area contributed by atoms with Gasteiger partial charge in [0.05, 0.1) is 12.5 Å². The Kier molecular flexibility index (Phi) is 3.62. The van der Waals surface area contributed by atoms with Crippen molar-refractivity contribution in [3.63, 3.8) is 0 Å². The maximum Gasteiger partial charge on any atom is 0.306 e. The molecule has 3 rings (SSSR count). The van der Waals surface area contributed by atoms with E-state index in [9.17, 15) is 9.90 Å². The molecule has 0 fully saturated rings. The molecule has 0 aliphatic heterocycles. The Morgan fingerprint density at radius 2 is 1.90 bits per heavy atom. The van der Waals surface area contributed by atoms with Crippen LogP contribution in [0.4, 0.5) is 5.69 Å². The highest BCUT2D eigenvalue weighted by atomic mass is 16.4. The molecule has 4 nitrogen and oxygen atoms in total. The van der Waals surface area contributed by atoms with Gasteiger partial charge in [0.15, 0.2) is 0 Å². The molecule has 1 aliphatic carbocycles. The van der Waals surface area contributed by atoms with Crippen molar-refractivity contribution in [3.05, 3.63) is 53.6 Å². The number of hydrogen-bond acceptors (Lipinski definition) is 3. The van der Waals surface area contributed by atoms with E-state index in [1.165, 1.54) is 22.3 Å². The van der Waals surface area contributed by atoms with Crippen LogP contribution in [0.2, 0.25) is 0 Å². The predicted octanol–water partition coefficient (Wildman–Crippen LogP) is 2.51. The van der Waals surface area contributed by atoms with Gasteiger partial charge in [0, 0.05) is 12.2 Å². The summed E-state index contributed by atoms with van der Waals surface area (Å²) in [5.74, 6) is -0.992. The van der Waals surface area contributed by atoms with Crippen molar-refractivity contribution in [2.24, 2.45) is 0 Å². The largest absolute Gasteiger partial charge is 0.481 e. The van der Waals surface area contributed by atoms with Crippen LogP contribution in [0.1, 0.15) is 17.5 Å². The summed E-state index contributed by atoms with van der Waals surface area (Å²) in [6.45, 7) is 0.234. The van der Waals surface area contributed by atoms with Crippen LogP contribution >= 0.6 is 0 Å². The molecule has 0 amide bonds. The molecule has 0 radical (unpaired) electrons. The lowest BCUT2D eigenvalue weighted by Gasteiger charge is -2.12. The van der Waals surface area contributed by atoms with Crippen molar-refractivity contribution in [3.8, 4) is 11.1 Å². The summed E-state index contributed by atoms with van der Waals surface area (Å²) >= 11 is 0. The summed E-state index contributed by atoms with van der Waals surface area (Å²) in [4.78, 5) is 10.5. The van der Waals surface area contributed by atoms with Crippen LogP contribution in [-0.4, -0.2) is 28.8 Å². The van der Waals surface area contributed by atoms with Crippen LogP contribution in [0, 0.1) is 0 Å². The number of rotatable bonds is 5. The van der Waals surface area contributed by atoms with Crippen molar-refractivity contribution >= 4 is 11.7 Å². The Morgan fingerprint density at radius 3 is 2.71 bits per heavy atom. The summed E-state index contributed by atoms with van der Waals surface area (Å²) in [5.41, 5.74) is 6.03. The number of carbonyl (C=O) groups is 1. The minimum atomic E-state index is -0.992. The van der Waals surface area contributed by atoms with Gasteiger partial charge in [-0.2, -0.15) is 0 Å². The van der Waals surface area contributed by atoms with E-state index in [0.29, 0.717) is 0 Å². The van der Waals surface area contributed by atoms with Gasteiger partial charge in [-0.3, -0.25) is 4.79 Å². The van der Waals surface area contributed by atoms with Gasteiger partial charge in [-0.1, -0.05) is 30.3 Å². The van der Waals surface area contributed by atoms with Crippen LogP contribution in [-0.2, 0) is 11.2 Å². The Morgan fingerprint density at radius 1 is 1.14 bits per heavy atom. The van der Waals surface area contributed by atoms with Crippen molar-refractivity contribution < 1.29 is 15.0 Å². The Labute approximate surface area is 123 Å². The molecule has 3 N–H and O–H groups in total. The lowest BCUT2D eigenvalue weighted by molar-refractivity contribution is -0.138. The Balaban J connectivity index is 1.71. The number of aliphatic hydroxyl groups excluding tert-OH is 1. The van der Waals surface area contributed by atoms with Crippen LogP contribution in [0.25, 0.3) is 11.1 Å². The van der Waals surface area contributed by atoms with Crippen LogP contribution in [0.15, 0.2) is 42.5 Å². The van der Waals surface area contributed by atoms with E-state index in [1.54, 1.807) is 0 Å². The first-order valence-electron chi connectivity index (χ1n) is 6.98. The molecule has 1 atom stereocenters. The number of nitrogens with one attached hydrogen (secondary N) is 1. The van der Waals surface area contributed by atoms with Crippen LogP contribution in [0.5, 0.6) is 0 Å². The number of aliphatic hydroxyl groups is 1. The quantitative estimate of drug-likeness (QED) is 0.673. The van der Waals surface area contributed by atoms with E-state index in [4.69, 9.17) is 5.11 Å². The molecule has 0 bridgehead atoms. The Bertz CT molecular complexity index is 681. The van der Waals surface area contributed by atoms with Crippen LogP contribution in [0.3, 0.4) is 0 Å². The topological polar surface area (TPSA) is 69.6 Å². The zero-order valence-corrected chi connectivity index (χ0v) is 11.5. The van der Waals surface area contributed by atoms with Gasteiger partial charge in [-0.15, -0.1) is 0 Å². The van der Waals surface area contributed by atoms with Crippen LogP contribution < -0.4 is 5.32 Å². The fourth-order valence-corrected chi connectivity index (χ4v) is 2.76. The first kappa shape index (κ1) is 13.6. The molecule has 0 saturated carbocycles. The number of anilines is 1. The van der Waals surface area contributed by atoms with E-state index in [0.717, 1.165) is 12.1 Å². The number of hydrogen-bond donors (Lipinski definition) is 3. The summed E-state index contributed by atoms with van der Waals surface area (Å²) in [6, 6.07) is 14.5. The summed E-state index contributed by atoms with van der Waals surface area (Å²) in [6.07, 6.45) is -0.213. The molecule has 2 aromatic carbocycles. The maximum absolute atomic E-state index is 10.5. The highest BCUT2D eigenvalue weighted by molar-refractivity contribution is 5.78.